The average Bonchev–Trinajstić information content (AvgIpc) is 3.46. The summed E-state index contributed by atoms with van der Waals surface area (Å²) in [5.74, 6) is -0.131. The van der Waals surface area contributed by atoms with E-state index in [2.05, 4.69) is 10.3 Å². The molecule has 4 rings (SSSR count). The van der Waals surface area contributed by atoms with Gasteiger partial charge in [-0.3, -0.25) is 9.59 Å². The maximum Gasteiger partial charge on any atom is 0.226 e. The molecule has 2 atom stereocenters. The number of carbonyl (C=O) groups excluding carboxylic acids is 2. The zero-order chi connectivity index (χ0) is 20.9. The fourth-order valence-electron chi connectivity index (χ4n) is 4.54. The first-order valence-electron chi connectivity index (χ1n) is 10.9. The highest BCUT2D eigenvalue weighted by Gasteiger charge is 2.38. The van der Waals surface area contributed by atoms with Crippen LogP contribution < -0.4 is 5.32 Å². The molecule has 1 saturated carbocycles. The molecule has 2 heterocycles. The summed E-state index contributed by atoms with van der Waals surface area (Å²) in [5, 5.41) is 6.67. The zero-order valence-electron chi connectivity index (χ0n) is 17.1. The van der Waals surface area contributed by atoms with Crippen molar-refractivity contribution in [2.45, 2.75) is 44.9 Å². The van der Waals surface area contributed by atoms with Crippen molar-refractivity contribution >= 4 is 34.8 Å². The van der Waals surface area contributed by atoms with Crippen molar-refractivity contribution in [3.05, 3.63) is 40.4 Å². The zero-order valence-corrected chi connectivity index (χ0v) is 18.7. The first-order valence-corrected chi connectivity index (χ1v) is 12.1. The lowest BCUT2D eigenvalue weighted by Gasteiger charge is -2.32. The number of rotatable bonds is 6. The van der Waals surface area contributed by atoms with Gasteiger partial charge in [-0.25, -0.2) is 4.98 Å². The third kappa shape index (κ3) is 4.86. The topological polar surface area (TPSA) is 62.3 Å². The number of hydrogen-bond acceptors (Lipinski definition) is 4. The minimum Gasteiger partial charge on any atom is -0.355 e. The SMILES string of the molecule is O=C(NCCc1csc(-c2ccccc2Cl)n1)[C@@H]1CCCC[C@@H]1C(=O)N1CCCC1. The van der Waals surface area contributed by atoms with E-state index in [0.29, 0.717) is 18.0 Å². The summed E-state index contributed by atoms with van der Waals surface area (Å²) in [7, 11) is 0. The molecule has 0 unspecified atom stereocenters. The van der Waals surface area contributed by atoms with Gasteiger partial charge in [-0.05, 0) is 31.7 Å². The molecule has 0 bridgehead atoms. The van der Waals surface area contributed by atoms with Crippen LogP contribution in [0.3, 0.4) is 0 Å². The van der Waals surface area contributed by atoms with E-state index in [1.54, 1.807) is 11.3 Å². The summed E-state index contributed by atoms with van der Waals surface area (Å²) in [6.45, 7) is 2.23. The molecule has 1 aromatic carbocycles. The van der Waals surface area contributed by atoms with Gasteiger partial charge in [-0.15, -0.1) is 11.3 Å². The lowest BCUT2D eigenvalue weighted by atomic mass is 9.78. The van der Waals surface area contributed by atoms with Gasteiger partial charge in [0, 0.05) is 48.8 Å². The number of hydrogen-bond donors (Lipinski definition) is 1. The molecule has 2 amide bonds. The summed E-state index contributed by atoms with van der Waals surface area (Å²) in [6, 6.07) is 7.69. The number of nitrogens with zero attached hydrogens (tertiary/aromatic N) is 2. The van der Waals surface area contributed by atoms with Crippen LogP contribution in [0.2, 0.25) is 5.02 Å². The van der Waals surface area contributed by atoms with Gasteiger partial charge < -0.3 is 10.2 Å². The molecule has 0 radical (unpaired) electrons. The molecule has 160 valence electrons. The van der Waals surface area contributed by atoms with Crippen LogP contribution in [-0.4, -0.2) is 41.3 Å². The van der Waals surface area contributed by atoms with E-state index in [0.717, 1.165) is 67.9 Å². The fourth-order valence-corrected chi connectivity index (χ4v) is 5.71. The van der Waals surface area contributed by atoms with E-state index in [9.17, 15) is 9.59 Å². The number of likely N-dealkylation sites (tertiary alicyclic amines) is 1. The van der Waals surface area contributed by atoms with Crippen LogP contribution >= 0.6 is 22.9 Å². The van der Waals surface area contributed by atoms with Gasteiger partial charge in [0.25, 0.3) is 0 Å². The monoisotopic (exact) mass is 445 g/mol. The number of carbonyl (C=O) groups is 2. The molecule has 1 aliphatic heterocycles. The smallest absolute Gasteiger partial charge is 0.226 e. The Morgan fingerprint density at radius 2 is 1.83 bits per heavy atom. The summed E-state index contributed by atoms with van der Waals surface area (Å²) in [4.78, 5) is 32.4. The Balaban J connectivity index is 1.32. The van der Waals surface area contributed by atoms with E-state index in [1.807, 2.05) is 34.5 Å². The largest absolute Gasteiger partial charge is 0.355 e. The molecular formula is C23H28ClN3O2S. The van der Waals surface area contributed by atoms with Gasteiger partial charge in [0.05, 0.1) is 10.7 Å². The van der Waals surface area contributed by atoms with Crippen molar-refractivity contribution in [3.8, 4) is 10.6 Å². The Bertz CT molecular complexity index is 894. The third-order valence-electron chi connectivity index (χ3n) is 6.17. The Morgan fingerprint density at radius 1 is 1.10 bits per heavy atom. The highest BCUT2D eigenvalue weighted by molar-refractivity contribution is 7.13. The predicted molar refractivity (Wildman–Crippen MR) is 121 cm³/mol. The molecule has 2 fully saturated rings. The van der Waals surface area contributed by atoms with E-state index in [4.69, 9.17) is 11.6 Å². The Hall–Kier alpha value is -1.92. The summed E-state index contributed by atoms with van der Waals surface area (Å²) in [5.41, 5.74) is 1.88. The lowest BCUT2D eigenvalue weighted by molar-refractivity contribution is -0.142. The number of thiazole rings is 1. The molecule has 5 nitrogen and oxygen atoms in total. The van der Waals surface area contributed by atoms with Crippen molar-refractivity contribution in [3.63, 3.8) is 0 Å². The normalized spacial score (nSPS) is 21.6. The minimum atomic E-state index is -0.194. The highest BCUT2D eigenvalue weighted by Crippen LogP contribution is 2.33. The summed E-state index contributed by atoms with van der Waals surface area (Å²) < 4.78 is 0. The van der Waals surface area contributed by atoms with E-state index in [1.165, 1.54) is 0 Å². The number of benzene rings is 1. The summed E-state index contributed by atoms with van der Waals surface area (Å²) >= 11 is 7.83. The van der Waals surface area contributed by atoms with Gasteiger partial charge in [0.15, 0.2) is 0 Å². The van der Waals surface area contributed by atoms with Gasteiger partial charge in [-0.1, -0.05) is 42.6 Å². The molecule has 7 heteroatoms. The molecule has 2 aliphatic rings. The van der Waals surface area contributed by atoms with Crippen molar-refractivity contribution in [1.82, 2.24) is 15.2 Å². The van der Waals surface area contributed by atoms with E-state index >= 15 is 0 Å². The van der Waals surface area contributed by atoms with E-state index in [-0.39, 0.29) is 23.7 Å². The molecular weight excluding hydrogens is 418 g/mol. The lowest BCUT2D eigenvalue weighted by Crippen LogP contribution is -2.45. The fraction of sp³-hybridized carbons (Fsp3) is 0.522. The second kappa shape index (κ2) is 9.92. The van der Waals surface area contributed by atoms with Crippen LogP contribution in [-0.2, 0) is 16.0 Å². The van der Waals surface area contributed by atoms with Gasteiger partial charge in [-0.2, -0.15) is 0 Å². The molecule has 1 N–H and O–H groups in total. The van der Waals surface area contributed by atoms with Crippen LogP contribution in [0.5, 0.6) is 0 Å². The number of amides is 2. The average molecular weight is 446 g/mol. The third-order valence-corrected chi connectivity index (χ3v) is 7.43. The maximum atomic E-state index is 12.9. The van der Waals surface area contributed by atoms with Crippen molar-refractivity contribution in [2.24, 2.45) is 11.8 Å². The van der Waals surface area contributed by atoms with Gasteiger partial charge >= 0.3 is 0 Å². The van der Waals surface area contributed by atoms with Crippen LogP contribution in [0.25, 0.3) is 10.6 Å². The molecule has 1 aliphatic carbocycles. The highest BCUT2D eigenvalue weighted by atomic mass is 35.5. The van der Waals surface area contributed by atoms with Gasteiger partial charge in [0.1, 0.15) is 5.01 Å². The Labute approximate surface area is 186 Å². The molecule has 1 saturated heterocycles. The minimum absolute atomic E-state index is 0.0220. The number of halogens is 1. The van der Waals surface area contributed by atoms with Crippen LogP contribution in [0.1, 0.15) is 44.2 Å². The standard InChI is InChI=1S/C23H28ClN3O2S/c24-20-10-4-3-9-19(20)22-26-16(15-30-22)11-12-25-21(28)17-7-1-2-8-18(17)23(29)27-13-5-6-14-27/h3-4,9-10,15,17-18H,1-2,5-8,11-14H2,(H,25,28)/t17-,18+/m1/s1. The van der Waals surface area contributed by atoms with E-state index < -0.39 is 0 Å². The molecule has 1 aromatic heterocycles. The van der Waals surface area contributed by atoms with Gasteiger partial charge in [0.2, 0.25) is 11.8 Å². The summed E-state index contributed by atoms with van der Waals surface area (Å²) in [6.07, 6.45) is 6.54. The predicted octanol–water partition coefficient (Wildman–Crippen LogP) is 4.55. The van der Waals surface area contributed by atoms with Crippen molar-refractivity contribution < 1.29 is 9.59 Å². The number of nitrogens with one attached hydrogen (secondary N) is 1. The quantitative estimate of drug-likeness (QED) is 0.709. The Kier molecular flexibility index (Phi) is 7.05. The Morgan fingerprint density at radius 3 is 2.60 bits per heavy atom. The second-order valence-corrected chi connectivity index (χ2v) is 9.46. The first-order chi connectivity index (χ1) is 14.6. The van der Waals surface area contributed by atoms with Crippen LogP contribution in [0.15, 0.2) is 29.6 Å². The van der Waals surface area contributed by atoms with Crippen LogP contribution in [0, 0.1) is 11.8 Å². The van der Waals surface area contributed by atoms with Crippen LogP contribution in [0.4, 0.5) is 0 Å². The van der Waals surface area contributed by atoms with Crippen molar-refractivity contribution in [1.29, 1.82) is 0 Å². The first kappa shape index (κ1) is 21.3. The number of aromatic nitrogens is 1. The molecule has 0 spiro atoms. The van der Waals surface area contributed by atoms with Crippen molar-refractivity contribution in [2.75, 3.05) is 19.6 Å². The molecule has 2 aromatic rings. The maximum absolute atomic E-state index is 12.9. The molecule has 30 heavy (non-hydrogen) atoms. The second-order valence-electron chi connectivity index (χ2n) is 8.19.